The van der Waals surface area contributed by atoms with Gasteiger partial charge in [-0.3, -0.25) is 9.88 Å². The van der Waals surface area contributed by atoms with Crippen molar-refractivity contribution in [3.05, 3.63) is 107 Å². The predicted molar refractivity (Wildman–Crippen MR) is 174 cm³/mol. The number of para-hydroxylation sites is 1. The second kappa shape index (κ2) is 9.41. The molecular weight excluding hydrogens is 541 g/mol. The van der Waals surface area contributed by atoms with Crippen LogP contribution < -0.4 is 5.32 Å². The maximum atomic E-state index is 5.18. The SMILES string of the molecule is C1=Cc2sc3c(ccc4c3c3ccccc3n4-c3nccc(-c4cccc(C5NC6CCC=CC6S5)c4)n3)c2CC1. The fourth-order valence-electron chi connectivity index (χ4n) is 6.87. The first-order valence-electron chi connectivity index (χ1n) is 14.5. The van der Waals surface area contributed by atoms with E-state index in [2.05, 4.69) is 94.9 Å². The summed E-state index contributed by atoms with van der Waals surface area (Å²) >= 11 is 3.95. The molecular formula is C35H28N4S2. The number of thioether (sulfide) groups is 1. The molecule has 3 unspecified atom stereocenters. The first kappa shape index (κ1) is 23.9. The van der Waals surface area contributed by atoms with Crippen LogP contribution in [0.25, 0.3) is 55.2 Å². The fourth-order valence-corrected chi connectivity index (χ4v) is 9.68. The molecule has 0 amide bonds. The van der Waals surface area contributed by atoms with Crippen LogP contribution in [0.5, 0.6) is 0 Å². The Bertz CT molecular complexity index is 2050. The van der Waals surface area contributed by atoms with Crippen molar-refractivity contribution in [2.75, 3.05) is 0 Å². The number of hydrogen-bond acceptors (Lipinski definition) is 5. The Morgan fingerprint density at radius 2 is 1.88 bits per heavy atom. The van der Waals surface area contributed by atoms with Crippen LogP contribution in [-0.2, 0) is 6.42 Å². The van der Waals surface area contributed by atoms with Crippen LogP contribution in [0, 0.1) is 0 Å². The number of allylic oxidation sites excluding steroid dienone is 2. The summed E-state index contributed by atoms with van der Waals surface area (Å²) in [4.78, 5) is 11.4. The van der Waals surface area contributed by atoms with E-state index < -0.39 is 0 Å². The highest BCUT2D eigenvalue weighted by Crippen LogP contribution is 2.44. The Kier molecular flexibility index (Phi) is 5.50. The molecule has 6 heteroatoms. The Labute approximate surface area is 246 Å². The van der Waals surface area contributed by atoms with Gasteiger partial charge in [0.15, 0.2) is 0 Å². The van der Waals surface area contributed by atoms with Crippen LogP contribution in [0.3, 0.4) is 0 Å². The number of thiophene rings is 1. The van der Waals surface area contributed by atoms with Crippen molar-refractivity contribution in [3.63, 3.8) is 0 Å². The van der Waals surface area contributed by atoms with E-state index in [1.165, 1.54) is 49.7 Å². The molecule has 1 N–H and O–H groups in total. The Balaban J connectivity index is 1.17. The highest BCUT2D eigenvalue weighted by molar-refractivity contribution is 8.00. The van der Waals surface area contributed by atoms with E-state index in [1.807, 2.05) is 35.4 Å². The monoisotopic (exact) mass is 568 g/mol. The summed E-state index contributed by atoms with van der Waals surface area (Å²) in [5.74, 6) is 0.712. The lowest BCUT2D eigenvalue weighted by Gasteiger charge is -2.18. The molecule has 3 aromatic carbocycles. The smallest absolute Gasteiger partial charge is 0.235 e. The second-order valence-electron chi connectivity index (χ2n) is 11.2. The van der Waals surface area contributed by atoms with E-state index >= 15 is 0 Å². The van der Waals surface area contributed by atoms with Gasteiger partial charge in [-0.05, 0) is 72.5 Å². The zero-order valence-corrected chi connectivity index (χ0v) is 24.1. The Morgan fingerprint density at radius 1 is 0.902 bits per heavy atom. The molecule has 1 fully saturated rings. The molecule has 4 heterocycles. The minimum Gasteiger partial charge on any atom is -0.297 e. The summed E-state index contributed by atoms with van der Waals surface area (Å²) in [5.41, 5.74) is 7.18. The van der Waals surface area contributed by atoms with Gasteiger partial charge in [0.2, 0.25) is 5.95 Å². The molecule has 3 aliphatic rings. The molecule has 2 aliphatic carbocycles. The molecule has 1 aliphatic heterocycles. The minimum atomic E-state index is 0.306. The van der Waals surface area contributed by atoms with Crippen LogP contribution >= 0.6 is 23.1 Å². The minimum absolute atomic E-state index is 0.306. The van der Waals surface area contributed by atoms with Crippen molar-refractivity contribution in [1.82, 2.24) is 19.9 Å². The van der Waals surface area contributed by atoms with Crippen molar-refractivity contribution in [2.45, 2.75) is 42.3 Å². The van der Waals surface area contributed by atoms with Crippen molar-refractivity contribution >= 4 is 61.1 Å². The first-order valence-corrected chi connectivity index (χ1v) is 16.2. The topological polar surface area (TPSA) is 42.7 Å². The van der Waals surface area contributed by atoms with Gasteiger partial charge in [0.25, 0.3) is 0 Å². The predicted octanol–water partition coefficient (Wildman–Crippen LogP) is 8.84. The molecule has 41 heavy (non-hydrogen) atoms. The van der Waals surface area contributed by atoms with E-state index in [1.54, 1.807) is 0 Å². The van der Waals surface area contributed by atoms with E-state index in [9.17, 15) is 0 Å². The van der Waals surface area contributed by atoms with Crippen LogP contribution in [0.4, 0.5) is 0 Å². The maximum absolute atomic E-state index is 5.18. The van der Waals surface area contributed by atoms with Gasteiger partial charge in [0.05, 0.1) is 22.1 Å². The van der Waals surface area contributed by atoms with Gasteiger partial charge in [-0.1, -0.05) is 60.7 Å². The van der Waals surface area contributed by atoms with E-state index in [0.29, 0.717) is 22.6 Å². The summed E-state index contributed by atoms with van der Waals surface area (Å²) in [6.07, 6.45) is 15.9. The molecule has 200 valence electrons. The fraction of sp³-hybridized carbons (Fsp3) is 0.200. The summed E-state index contributed by atoms with van der Waals surface area (Å²) in [5, 5.41) is 8.69. The molecule has 0 bridgehead atoms. The van der Waals surface area contributed by atoms with Crippen LogP contribution in [0.2, 0.25) is 0 Å². The van der Waals surface area contributed by atoms with Gasteiger partial charge in [-0.25, -0.2) is 9.97 Å². The third kappa shape index (κ3) is 3.78. The summed E-state index contributed by atoms with van der Waals surface area (Å²) in [7, 11) is 0. The summed E-state index contributed by atoms with van der Waals surface area (Å²) in [6, 6.07) is 24.8. The molecule has 0 saturated carbocycles. The van der Waals surface area contributed by atoms with Crippen LogP contribution in [0.15, 0.2) is 91.2 Å². The number of fused-ring (bicyclic) bond motifs is 8. The number of rotatable bonds is 3. The molecule has 4 nitrogen and oxygen atoms in total. The standard InChI is InChI=1S/C35H28N4S2/c1-4-13-28-25(11-1)32-29(17-16-24-23-10-2-5-14-30(23)40-33(24)32)39(28)35-36-19-18-26(38-35)21-8-7-9-22(20-21)34-37-27-12-3-6-15-31(27)41-34/h1,4-9,11,13-20,27,31,34,37H,2-3,10,12H2. The van der Waals surface area contributed by atoms with Gasteiger partial charge in [-0.2, -0.15) is 0 Å². The molecule has 9 rings (SSSR count). The van der Waals surface area contributed by atoms with Gasteiger partial charge >= 0.3 is 0 Å². The summed E-state index contributed by atoms with van der Waals surface area (Å²) in [6.45, 7) is 0. The number of aromatic nitrogens is 3. The van der Waals surface area contributed by atoms with E-state index in [4.69, 9.17) is 9.97 Å². The number of hydrogen-bond donors (Lipinski definition) is 1. The van der Waals surface area contributed by atoms with Gasteiger partial charge in [0.1, 0.15) is 0 Å². The van der Waals surface area contributed by atoms with Crippen molar-refractivity contribution in [2.24, 2.45) is 0 Å². The van der Waals surface area contributed by atoms with Crippen LogP contribution in [0.1, 0.15) is 40.6 Å². The van der Waals surface area contributed by atoms with Gasteiger partial charge in [-0.15, -0.1) is 23.1 Å². The number of benzene rings is 3. The highest BCUT2D eigenvalue weighted by atomic mass is 32.2. The normalized spacial score (nSPS) is 21.6. The average molecular weight is 569 g/mol. The first-order chi connectivity index (χ1) is 20.3. The average Bonchev–Trinajstić information content (AvgIpc) is 3.73. The lowest BCUT2D eigenvalue weighted by Crippen LogP contribution is -2.31. The van der Waals surface area contributed by atoms with Crippen molar-refractivity contribution < 1.29 is 0 Å². The lowest BCUT2D eigenvalue weighted by atomic mass is 10.00. The number of aryl methyl sites for hydroxylation is 1. The van der Waals surface area contributed by atoms with Crippen molar-refractivity contribution in [3.8, 4) is 17.2 Å². The molecule has 3 atom stereocenters. The zero-order chi connectivity index (χ0) is 26.9. The molecule has 0 spiro atoms. The Morgan fingerprint density at radius 3 is 2.85 bits per heavy atom. The zero-order valence-electron chi connectivity index (χ0n) is 22.5. The third-order valence-corrected chi connectivity index (χ3v) is 11.5. The molecule has 6 aromatic rings. The van der Waals surface area contributed by atoms with Gasteiger partial charge < -0.3 is 0 Å². The Hall–Kier alpha value is -3.71. The number of nitrogens with one attached hydrogen (secondary N) is 1. The lowest BCUT2D eigenvalue weighted by molar-refractivity contribution is 0.506. The molecule has 1 saturated heterocycles. The maximum Gasteiger partial charge on any atom is 0.235 e. The van der Waals surface area contributed by atoms with E-state index in [-0.39, 0.29) is 0 Å². The largest absolute Gasteiger partial charge is 0.297 e. The quantitative estimate of drug-likeness (QED) is 0.217. The van der Waals surface area contributed by atoms with Crippen LogP contribution in [-0.4, -0.2) is 25.8 Å². The molecule has 0 radical (unpaired) electrons. The van der Waals surface area contributed by atoms with Crippen molar-refractivity contribution in [1.29, 1.82) is 0 Å². The third-order valence-electron chi connectivity index (χ3n) is 8.81. The van der Waals surface area contributed by atoms with E-state index in [0.717, 1.165) is 35.1 Å². The highest BCUT2D eigenvalue weighted by Gasteiger charge is 2.34. The summed E-state index contributed by atoms with van der Waals surface area (Å²) < 4.78 is 3.62. The van der Waals surface area contributed by atoms with Gasteiger partial charge in [0, 0.05) is 43.4 Å². The second-order valence-corrected chi connectivity index (χ2v) is 13.5. The number of nitrogens with zero attached hydrogens (tertiary/aromatic N) is 3. The molecule has 3 aromatic heterocycles.